The summed E-state index contributed by atoms with van der Waals surface area (Å²) < 4.78 is 5.32. The van der Waals surface area contributed by atoms with Crippen LogP contribution in [0.4, 0.5) is 0 Å². The third-order valence-corrected chi connectivity index (χ3v) is 7.62. The van der Waals surface area contributed by atoms with E-state index >= 15 is 0 Å². The van der Waals surface area contributed by atoms with Crippen LogP contribution in [0.2, 0.25) is 0 Å². The Morgan fingerprint density at radius 3 is 1.66 bits per heavy atom. The number of carboxylic acid groups (broad SMARTS) is 1. The Kier molecular flexibility index (Phi) is 16.8. The molecule has 1 fully saturated rings. The summed E-state index contributed by atoms with van der Waals surface area (Å²) in [6, 6.07) is 0. The van der Waals surface area contributed by atoms with E-state index in [9.17, 15) is 19.5 Å². The molecule has 0 radical (unpaired) electrons. The Morgan fingerprint density at radius 2 is 1.29 bits per heavy atom. The van der Waals surface area contributed by atoms with Crippen molar-refractivity contribution in [1.82, 2.24) is 4.90 Å². The summed E-state index contributed by atoms with van der Waals surface area (Å²) in [4.78, 5) is 37.7. The van der Waals surface area contributed by atoms with Gasteiger partial charge in [-0.05, 0) is 25.2 Å². The highest BCUT2D eigenvalue weighted by atomic mass is 16.6. The quantitative estimate of drug-likeness (QED) is 0.0993. The van der Waals surface area contributed by atoms with Crippen molar-refractivity contribution in [2.45, 2.75) is 136 Å². The van der Waals surface area contributed by atoms with E-state index in [4.69, 9.17) is 4.74 Å². The number of esters is 1. The molecule has 1 unspecified atom stereocenters. The highest BCUT2D eigenvalue weighted by Crippen LogP contribution is 2.35. The molecule has 0 aromatic rings. The minimum Gasteiger partial charge on any atom is -0.481 e. The van der Waals surface area contributed by atoms with E-state index in [1.807, 2.05) is 6.92 Å². The van der Waals surface area contributed by atoms with Gasteiger partial charge in [0.2, 0.25) is 5.91 Å². The van der Waals surface area contributed by atoms with Crippen molar-refractivity contribution in [3.63, 3.8) is 0 Å². The number of ether oxygens (including phenoxy) is 1. The molecule has 1 aliphatic rings. The van der Waals surface area contributed by atoms with Crippen molar-refractivity contribution < 1.29 is 24.2 Å². The molecule has 1 saturated heterocycles. The van der Waals surface area contributed by atoms with Crippen LogP contribution in [0.5, 0.6) is 0 Å². The smallest absolute Gasteiger partial charge is 0.316 e. The van der Waals surface area contributed by atoms with Gasteiger partial charge in [0.15, 0.2) is 0 Å². The molecule has 0 aliphatic carbocycles. The first kappa shape index (κ1) is 31.4. The summed E-state index contributed by atoms with van der Waals surface area (Å²) in [5.74, 6) is -3.20. The number of hydrogen-bond donors (Lipinski definition) is 1. The van der Waals surface area contributed by atoms with E-state index in [1.165, 1.54) is 81.9 Å². The van der Waals surface area contributed by atoms with Crippen molar-refractivity contribution in [2.75, 3.05) is 14.1 Å². The second kappa shape index (κ2) is 18.6. The number of nitrogens with zero attached hydrogens (tertiary/aromatic N) is 1. The largest absolute Gasteiger partial charge is 0.481 e. The van der Waals surface area contributed by atoms with Crippen LogP contribution in [0, 0.1) is 17.8 Å². The van der Waals surface area contributed by atoms with Gasteiger partial charge in [0.25, 0.3) is 0 Å². The fourth-order valence-electron chi connectivity index (χ4n) is 5.32. The lowest BCUT2D eigenvalue weighted by Crippen LogP contribution is -2.48. The lowest BCUT2D eigenvalue weighted by atomic mass is 9.78. The molecule has 1 aliphatic heterocycles. The van der Waals surface area contributed by atoms with Crippen molar-refractivity contribution in [1.29, 1.82) is 0 Å². The second-order valence-corrected chi connectivity index (χ2v) is 10.8. The molecule has 0 saturated carbocycles. The van der Waals surface area contributed by atoms with Crippen molar-refractivity contribution in [3.05, 3.63) is 0 Å². The molecule has 0 bridgehead atoms. The maximum absolute atomic E-state index is 12.6. The summed E-state index contributed by atoms with van der Waals surface area (Å²) in [7, 11) is 3.20. The average Bonchev–Trinajstić information content (AvgIpc) is 2.80. The minimum atomic E-state index is -1.08. The van der Waals surface area contributed by atoms with Crippen LogP contribution in [-0.4, -0.2) is 48.1 Å². The zero-order valence-electron chi connectivity index (χ0n) is 23.1. The van der Waals surface area contributed by atoms with Gasteiger partial charge in [-0.3, -0.25) is 14.4 Å². The molecule has 0 spiro atoms. The van der Waals surface area contributed by atoms with Crippen LogP contribution < -0.4 is 0 Å². The molecular weight excluding hydrogens is 442 g/mol. The molecule has 4 atom stereocenters. The van der Waals surface area contributed by atoms with Crippen LogP contribution in [0.25, 0.3) is 0 Å². The molecule has 1 rings (SSSR count). The number of aliphatic carboxylic acids is 1. The lowest BCUT2D eigenvalue weighted by Gasteiger charge is -2.38. The summed E-state index contributed by atoms with van der Waals surface area (Å²) in [5, 5.41) is 9.81. The SMILES string of the molecule is CCCCCCCCCCCCCCCCCC(C[C@@H]1OC(=O)[C@H]1CC)[C@H](C(=O)O)C(=O)N(C)C. The molecule has 1 N–H and O–H groups in total. The van der Waals surface area contributed by atoms with E-state index in [-0.39, 0.29) is 29.8 Å². The summed E-state index contributed by atoms with van der Waals surface area (Å²) in [6.45, 7) is 4.21. The molecular formula is C29H53NO5. The summed E-state index contributed by atoms with van der Waals surface area (Å²) >= 11 is 0. The highest BCUT2D eigenvalue weighted by Gasteiger charge is 2.45. The van der Waals surface area contributed by atoms with Gasteiger partial charge >= 0.3 is 11.9 Å². The van der Waals surface area contributed by atoms with Crippen LogP contribution in [0.15, 0.2) is 0 Å². The lowest BCUT2D eigenvalue weighted by molar-refractivity contribution is -0.187. The Hall–Kier alpha value is -1.59. The van der Waals surface area contributed by atoms with E-state index in [0.29, 0.717) is 19.3 Å². The fraction of sp³-hybridized carbons (Fsp3) is 0.897. The van der Waals surface area contributed by atoms with Gasteiger partial charge in [-0.25, -0.2) is 0 Å². The number of cyclic esters (lactones) is 1. The molecule has 204 valence electrons. The predicted molar refractivity (Wildman–Crippen MR) is 141 cm³/mol. The normalized spacial score (nSPS) is 19.0. The average molecular weight is 496 g/mol. The zero-order valence-corrected chi connectivity index (χ0v) is 23.1. The zero-order chi connectivity index (χ0) is 26.1. The van der Waals surface area contributed by atoms with E-state index in [0.717, 1.165) is 19.3 Å². The number of rotatable bonds is 22. The van der Waals surface area contributed by atoms with Gasteiger partial charge in [-0.1, -0.05) is 110 Å². The molecule has 6 heteroatoms. The number of carbonyl (C=O) groups excluding carboxylic acids is 2. The minimum absolute atomic E-state index is 0.164. The number of carbonyl (C=O) groups is 3. The van der Waals surface area contributed by atoms with Gasteiger partial charge in [0.05, 0.1) is 5.92 Å². The third kappa shape index (κ3) is 12.3. The molecule has 6 nitrogen and oxygen atoms in total. The van der Waals surface area contributed by atoms with Gasteiger partial charge in [0.1, 0.15) is 12.0 Å². The van der Waals surface area contributed by atoms with Crippen LogP contribution in [0.1, 0.15) is 129 Å². The third-order valence-electron chi connectivity index (χ3n) is 7.62. The Labute approximate surface area is 214 Å². The van der Waals surface area contributed by atoms with E-state index in [1.54, 1.807) is 14.1 Å². The Balaban J connectivity index is 2.28. The molecule has 35 heavy (non-hydrogen) atoms. The van der Waals surface area contributed by atoms with E-state index < -0.39 is 11.9 Å². The molecule has 0 aromatic carbocycles. The van der Waals surface area contributed by atoms with Gasteiger partial charge in [-0.15, -0.1) is 0 Å². The first-order valence-corrected chi connectivity index (χ1v) is 14.5. The highest BCUT2D eigenvalue weighted by molar-refractivity contribution is 5.97. The number of unbranched alkanes of at least 4 members (excludes halogenated alkanes) is 14. The first-order valence-electron chi connectivity index (χ1n) is 14.5. The van der Waals surface area contributed by atoms with Gasteiger partial charge < -0.3 is 14.7 Å². The topological polar surface area (TPSA) is 83.9 Å². The molecule has 1 amide bonds. The number of amides is 1. The molecule has 0 aromatic heterocycles. The standard InChI is InChI=1S/C29H53NO5/c1-5-7-8-9-10-11-12-13-14-15-16-17-18-19-20-21-23(22-25-24(6-2)29(34)35-25)26(28(32)33)27(31)30(3)4/h23-26H,5-22H2,1-4H3,(H,32,33)/t23?,24-,25-,26-/m0/s1. The maximum Gasteiger partial charge on any atom is 0.316 e. The van der Waals surface area contributed by atoms with Gasteiger partial charge in [0, 0.05) is 14.1 Å². The number of hydrogen-bond acceptors (Lipinski definition) is 4. The fourth-order valence-corrected chi connectivity index (χ4v) is 5.32. The monoisotopic (exact) mass is 495 g/mol. The Morgan fingerprint density at radius 1 is 0.829 bits per heavy atom. The van der Waals surface area contributed by atoms with E-state index in [2.05, 4.69) is 6.92 Å². The van der Waals surface area contributed by atoms with Crippen LogP contribution >= 0.6 is 0 Å². The van der Waals surface area contributed by atoms with Crippen LogP contribution in [0.3, 0.4) is 0 Å². The first-order chi connectivity index (χ1) is 16.8. The van der Waals surface area contributed by atoms with Gasteiger partial charge in [-0.2, -0.15) is 0 Å². The summed E-state index contributed by atoms with van der Waals surface area (Å²) in [6.07, 6.45) is 20.8. The van der Waals surface area contributed by atoms with Crippen molar-refractivity contribution in [3.8, 4) is 0 Å². The summed E-state index contributed by atoms with van der Waals surface area (Å²) in [5.41, 5.74) is 0. The van der Waals surface area contributed by atoms with Crippen molar-refractivity contribution in [2.24, 2.45) is 17.8 Å². The molecule has 1 heterocycles. The predicted octanol–water partition coefficient (Wildman–Crippen LogP) is 6.99. The Bertz CT molecular complexity index is 606. The second-order valence-electron chi connectivity index (χ2n) is 10.8. The van der Waals surface area contributed by atoms with Crippen LogP contribution in [-0.2, 0) is 19.1 Å². The number of carboxylic acids is 1. The maximum atomic E-state index is 12.6. The van der Waals surface area contributed by atoms with Crippen molar-refractivity contribution >= 4 is 17.8 Å².